The van der Waals surface area contributed by atoms with Crippen molar-refractivity contribution in [3.63, 3.8) is 0 Å². The average molecular weight is 883 g/mol. The number of benzene rings is 5. The fourth-order valence-corrected chi connectivity index (χ4v) is 6.79. The molecule has 0 aliphatic heterocycles. The summed E-state index contributed by atoms with van der Waals surface area (Å²) in [5, 5.41) is 4.32. The third kappa shape index (κ3) is 7.14. The van der Waals surface area contributed by atoms with E-state index in [2.05, 4.69) is 124 Å². The van der Waals surface area contributed by atoms with Crippen LogP contribution in [0.5, 0.6) is 0 Å². The van der Waals surface area contributed by atoms with E-state index in [1.54, 1.807) is 0 Å². The first-order valence-electron chi connectivity index (χ1n) is 18.1. The number of furan rings is 2. The van der Waals surface area contributed by atoms with Gasteiger partial charge in [-0.2, -0.15) is 0 Å². The fourth-order valence-electron chi connectivity index (χ4n) is 6.79. The Morgan fingerprint density at radius 1 is 0.556 bits per heavy atom. The first-order chi connectivity index (χ1) is 25.4. The molecule has 0 amide bonds. The summed E-state index contributed by atoms with van der Waals surface area (Å²) in [4.78, 5) is 8.97. The molecule has 0 saturated carbocycles. The van der Waals surface area contributed by atoms with E-state index in [1.165, 1.54) is 16.7 Å². The molecule has 5 heteroatoms. The largest absolute Gasteiger partial charge is 0.455 e. The average Bonchev–Trinajstić information content (AvgIpc) is 3.73. The van der Waals surface area contributed by atoms with Gasteiger partial charge >= 0.3 is 0 Å². The summed E-state index contributed by atoms with van der Waals surface area (Å²) in [6.45, 7) is 15.5. The minimum Gasteiger partial charge on any atom is -0.455 e. The van der Waals surface area contributed by atoms with Gasteiger partial charge in [-0.25, -0.2) is 0 Å². The van der Waals surface area contributed by atoms with Crippen LogP contribution in [-0.4, -0.2) is 9.97 Å². The number of pyridine rings is 2. The zero-order valence-corrected chi connectivity index (χ0v) is 34.1. The van der Waals surface area contributed by atoms with Crippen LogP contribution in [0.2, 0.25) is 0 Å². The standard InChI is InChI=1S/C37H32NO2.C12H10N.Ir/c1-36(2,3)24-12-14-31-27(19-24)28-21-26(23-16-17-38-30(18-23)22-10-8-7-9-11-22)34-33(35(28)39-31)29-20-25(37(4,5)6)13-15-32(29)40-34;1-10-7-8-12(13-9-10)11-5-3-2-4-6-11;/h7-10,12-21H,1-6H3;2-5,7-9H,1H3;/q2*-1;. The van der Waals surface area contributed by atoms with Gasteiger partial charge in [0, 0.05) is 54.2 Å². The second-order valence-electron chi connectivity index (χ2n) is 15.8. The Hall–Kier alpha value is -5.35. The molecule has 0 fully saturated rings. The van der Waals surface area contributed by atoms with E-state index in [0.717, 1.165) is 77.5 Å². The van der Waals surface area contributed by atoms with Crippen LogP contribution < -0.4 is 0 Å². The number of aryl methyl sites for hydroxylation is 1. The molecule has 0 unspecified atom stereocenters. The summed E-state index contributed by atoms with van der Waals surface area (Å²) in [7, 11) is 0. The molecule has 1 radical (unpaired) electrons. The number of hydrogen-bond acceptors (Lipinski definition) is 4. The molecular formula is C49H42IrN2O2-2. The van der Waals surface area contributed by atoms with Gasteiger partial charge in [0.15, 0.2) is 0 Å². The quantitative estimate of drug-likeness (QED) is 0.166. The monoisotopic (exact) mass is 883 g/mol. The Morgan fingerprint density at radius 3 is 1.76 bits per heavy atom. The molecule has 54 heavy (non-hydrogen) atoms. The summed E-state index contributed by atoms with van der Waals surface area (Å²) in [6.07, 6.45) is 3.74. The summed E-state index contributed by atoms with van der Waals surface area (Å²) in [6, 6.07) is 45.9. The van der Waals surface area contributed by atoms with Crippen molar-refractivity contribution in [2.75, 3.05) is 0 Å². The molecule has 0 aliphatic rings. The molecule has 4 aromatic heterocycles. The molecular weight excluding hydrogens is 841 g/mol. The van der Waals surface area contributed by atoms with Crippen LogP contribution in [0.3, 0.4) is 0 Å². The first kappa shape index (κ1) is 37.0. The predicted molar refractivity (Wildman–Crippen MR) is 219 cm³/mol. The number of rotatable bonds is 3. The van der Waals surface area contributed by atoms with E-state index in [9.17, 15) is 0 Å². The van der Waals surface area contributed by atoms with Crippen LogP contribution >= 0.6 is 0 Å². The maximum atomic E-state index is 6.65. The zero-order chi connectivity index (χ0) is 36.9. The Bertz CT molecular complexity index is 2730. The molecule has 0 N–H and O–H groups in total. The van der Waals surface area contributed by atoms with Crippen molar-refractivity contribution in [2.45, 2.75) is 59.3 Å². The van der Waals surface area contributed by atoms with Crippen molar-refractivity contribution < 1.29 is 28.9 Å². The van der Waals surface area contributed by atoms with Crippen LogP contribution in [0.15, 0.2) is 136 Å². The maximum Gasteiger partial charge on any atom is 0.147 e. The van der Waals surface area contributed by atoms with Crippen LogP contribution in [-0.2, 0) is 30.9 Å². The van der Waals surface area contributed by atoms with E-state index >= 15 is 0 Å². The minimum absolute atomic E-state index is 0. The molecule has 0 atom stereocenters. The van der Waals surface area contributed by atoms with E-state index < -0.39 is 0 Å². The van der Waals surface area contributed by atoms with Gasteiger partial charge in [0.2, 0.25) is 0 Å². The molecule has 0 bridgehead atoms. The number of hydrogen-bond donors (Lipinski definition) is 0. The van der Waals surface area contributed by atoms with Crippen LogP contribution in [0.1, 0.15) is 58.2 Å². The van der Waals surface area contributed by atoms with Crippen LogP contribution in [0.25, 0.3) is 77.5 Å². The van der Waals surface area contributed by atoms with Crippen molar-refractivity contribution >= 4 is 43.9 Å². The van der Waals surface area contributed by atoms with Gasteiger partial charge in [0.1, 0.15) is 22.3 Å². The van der Waals surface area contributed by atoms with Gasteiger partial charge in [0.05, 0.1) is 5.39 Å². The van der Waals surface area contributed by atoms with E-state index in [-0.39, 0.29) is 30.9 Å². The van der Waals surface area contributed by atoms with Crippen molar-refractivity contribution in [2.24, 2.45) is 0 Å². The minimum atomic E-state index is 0. The van der Waals surface area contributed by atoms with Gasteiger partial charge in [-0.3, -0.25) is 0 Å². The van der Waals surface area contributed by atoms with Gasteiger partial charge in [-0.05, 0) is 87.8 Å². The third-order valence-corrected chi connectivity index (χ3v) is 9.86. The molecule has 0 spiro atoms. The number of nitrogens with zero attached hydrogens (tertiary/aromatic N) is 2. The predicted octanol–water partition coefficient (Wildman–Crippen LogP) is 13.5. The molecule has 271 valence electrons. The Balaban J connectivity index is 0.000000272. The molecule has 4 nitrogen and oxygen atoms in total. The van der Waals surface area contributed by atoms with Crippen LogP contribution in [0.4, 0.5) is 0 Å². The Morgan fingerprint density at radius 2 is 1.17 bits per heavy atom. The van der Waals surface area contributed by atoms with Gasteiger partial charge in [0.25, 0.3) is 0 Å². The van der Waals surface area contributed by atoms with Gasteiger partial charge in [-0.15, -0.1) is 71.8 Å². The van der Waals surface area contributed by atoms with Gasteiger partial charge < -0.3 is 18.8 Å². The van der Waals surface area contributed by atoms with E-state index in [0.29, 0.717) is 0 Å². The van der Waals surface area contributed by atoms with E-state index in [4.69, 9.17) is 8.83 Å². The van der Waals surface area contributed by atoms with Crippen molar-refractivity contribution in [1.82, 2.24) is 9.97 Å². The number of fused-ring (bicyclic) bond motifs is 7. The smallest absolute Gasteiger partial charge is 0.147 e. The summed E-state index contributed by atoms with van der Waals surface area (Å²) < 4.78 is 13.3. The summed E-state index contributed by atoms with van der Waals surface area (Å²) in [5.74, 6) is 0. The van der Waals surface area contributed by atoms with Crippen molar-refractivity contribution in [3.05, 3.63) is 156 Å². The third-order valence-electron chi connectivity index (χ3n) is 9.86. The zero-order valence-electron chi connectivity index (χ0n) is 31.7. The molecule has 9 rings (SSSR count). The Labute approximate surface area is 330 Å². The number of aromatic nitrogens is 2. The SMILES string of the molecule is CC(C)(C)c1ccc2oc3c(cc(-c4ccnc(-c5[c-]cccc5)c4)c4oc5ccc(C(C)(C)C)cc5c43)c2c1.Cc1ccc(-c2[c-]cccc2)nc1.[Ir]. The van der Waals surface area contributed by atoms with Crippen molar-refractivity contribution in [1.29, 1.82) is 0 Å². The van der Waals surface area contributed by atoms with Gasteiger partial charge in [-0.1, -0.05) is 71.9 Å². The van der Waals surface area contributed by atoms with Crippen LogP contribution in [0, 0.1) is 19.1 Å². The first-order valence-corrected chi connectivity index (χ1v) is 18.1. The van der Waals surface area contributed by atoms with Crippen molar-refractivity contribution in [3.8, 4) is 33.6 Å². The molecule has 4 heterocycles. The topological polar surface area (TPSA) is 52.1 Å². The summed E-state index contributed by atoms with van der Waals surface area (Å²) >= 11 is 0. The Kier molecular flexibility index (Phi) is 9.91. The fraction of sp³-hybridized carbons (Fsp3) is 0.184. The maximum absolute atomic E-state index is 6.65. The van der Waals surface area contributed by atoms with E-state index in [1.807, 2.05) is 73.9 Å². The summed E-state index contributed by atoms with van der Waals surface area (Å²) in [5.41, 5.74) is 13.1. The molecule has 0 saturated heterocycles. The second kappa shape index (κ2) is 14.5. The molecule has 5 aromatic carbocycles. The molecule has 0 aliphatic carbocycles. The molecule has 9 aromatic rings. The second-order valence-corrected chi connectivity index (χ2v) is 15.8. The normalized spacial score (nSPS) is 11.8.